The van der Waals surface area contributed by atoms with E-state index in [0.29, 0.717) is 25.4 Å². The molecule has 4 rings (SSSR count). The molecule has 1 atom stereocenters. The van der Waals surface area contributed by atoms with Crippen molar-refractivity contribution in [2.24, 2.45) is 5.92 Å². The summed E-state index contributed by atoms with van der Waals surface area (Å²) in [4.78, 5) is 31.4. The van der Waals surface area contributed by atoms with Gasteiger partial charge >= 0.3 is 6.01 Å². The molecule has 0 aliphatic carbocycles. The molecule has 1 aliphatic heterocycles. The molecule has 0 saturated carbocycles. The van der Waals surface area contributed by atoms with E-state index in [4.69, 9.17) is 9.15 Å². The van der Waals surface area contributed by atoms with Gasteiger partial charge in [-0.1, -0.05) is 48.5 Å². The monoisotopic (exact) mass is 419 g/mol. The summed E-state index contributed by atoms with van der Waals surface area (Å²) in [6, 6.07) is 19.2. The van der Waals surface area contributed by atoms with Crippen molar-refractivity contribution in [3.63, 3.8) is 0 Å². The van der Waals surface area contributed by atoms with Crippen LogP contribution in [-0.4, -0.2) is 41.4 Å². The van der Waals surface area contributed by atoms with Gasteiger partial charge in [-0.15, -0.1) is 0 Å². The van der Waals surface area contributed by atoms with Crippen LogP contribution in [0.15, 0.2) is 71.3 Å². The Morgan fingerprint density at radius 1 is 1.10 bits per heavy atom. The Hall–Kier alpha value is -3.61. The van der Waals surface area contributed by atoms with Crippen LogP contribution in [-0.2, 0) is 9.59 Å². The lowest BCUT2D eigenvalue weighted by atomic mass is 9.97. The first-order valence-corrected chi connectivity index (χ1v) is 10.5. The maximum atomic E-state index is 12.7. The fourth-order valence-electron chi connectivity index (χ4n) is 3.63. The van der Waals surface area contributed by atoms with Crippen LogP contribution in [0.2, 0.25) is 0 Å². The first kappa shape index (κ1) is 20.7. The largest absolute Gasteiger partial charge is 0.493 e. The molecule has 1 aliphatic rings. The van der Waals surface area contributed by atoms with Crippen molar-refractivity contribution < 1.29 is 18.7 Å². The molecule has 0 bridgehead atoms. The summed E-state index contributed by atoms with van der Waals surface area (Å²) in [5.74, 6) is 0.266. The van der Waals surface area contributed by atoms with Crippen LogP contribution >= 0.6 is 0 Å². The van der Waals surface area contributed by atoms with Gasteiger partial charge in [-0.3, -0.25) is 14.9 Å². The Bertz CT molecular complexity index is 1000. The molecule has 1 aromatic heterocycles. The Labute approximate surface area is 181 Å². The Kier molecular flexibility index (Phi) is 6.62. The van der Waals surface area contributed by atoms with Crippen molar-refractivity contribution >= 4 is 17.8 Å². The zero-order valence-corrected chi connectivity index (χ0v) is 17.2. The summed E-state index contributed by atoms with van der Waals surface area (Å²) >= 11 is 0. The highest BCUT2D eigenvalue weighted by Crippen LogP contribution is 2.23. The highest BCUT2D eigenvalue weighted by Gasteiger charge is 2.29. The molecule has 3 aromatic rings. The molecule has 160 valence electrons. The van der Waals surface area contributed by atoms with Gasteiger partial charge in [-0.05, 0) is 25.0 Å². The van der Waals surface area contributed by atoms with Crippen LogP contribution in [0, 0.1) is 5.92 Å². The molecule has 2 aromatic carbocycles. The number of para-hydroxylation sites is 1. The smallest absolute Gasteiger partial charge is 0.301 e. The number of anilines is 1. The maximum absolute atomic E-state index is 12.7. The molecule has 2 heterocycles. The number of hydrogen-bond acceptors (Lipinski definition) is 5. The minimum atomic E-state index is -0.292. The van der Waals surface area contributed by atoms with Gasteiger partial charge in [0.2, 0.25) is 11.8 Å². The number of piperidine rings is 1. The fourth-order valence-corrected chi connectivity index (χ4v) is 3.63. The third-order valence-corrected chi connectivity index (χ3v) is 5.28. The Morgan fingerprint density at radius 3 is 2.61 bits per heavy atom. The summed E-state index contributed by atoms with van der Waals surface area (Å²) < 4.78 is 11.0. The van der Waals surface area contributed by atoms with E-state index in [9.17, 15) is 9.59 Å². The number of amides is 2. The number of aromatic nitrogens is 1. The molecule has 7 heteroatoms. The number of nitrogens with one attached hydrogen (secondary N) is 1. The second-order valence-electron chi connectivity index (χ2n) is 7.48. The summed E-state index contributed by atoms with van der Waals surface area (Å²) in [6.45, 7) is 1.36. The molecule has 1 saturated heterocycles. The SMILES string of the molecule is O=C(Nc1nc(-c2ccccc2)co1)C1CCCN(C(=O)CCOc2ccccc2)C1. The summed E-state index contributed by atoms with van der Waals surface area (Å²) in [5.41, 5.74) is 1.58. The average Bonchev–Trinajstić information content (AvgIpc) is 3.29. The topological polar surface area (TPSA) is 84.7 Å². The first-order chi connectivity index (χ1) is 15.2. The van der Waals surface area contributed by atoms with Gasteiger partial charge in [0.1, 0.15) is 17.7 Å². The third kappa shape index (κ3) is 5.51. The van der Waals surface area contributed by atoms with Crippen LogP contribution in [0.3, 0.4) is 0 Å². The Balaban J connectivity index is 1.27. The molecule has 1 unspecified atom stereocenters. The van der Waals surface area contributed by atoms with E-state index in [1.807, 2.05) is 60.7 Å². The van der Waals surface area contributed by atoms with Crippen molar-refractivity contribution in [2.45, 2.75) is 19.3 Å². The zero-order valence-electron chi connectivity index (χ0n) is 17.2. The number of nitrogens with zero attached hydrogens (tertiary/aromatic N) is 2. The van der Waals surface area contributed by atoms with E-state index in [1.54, 1.807) is 4.90 Å². The fraction of sp³-hybridized carbons (Fsp3) is 0.292. The lowest BCUT2D eigenvalue weighted by Gasteiger charge is -2.31. The van der Waals surface area contributed by atoms with E-state index < -0.39 is 0 Å². The van der Waals surface area contributed by atoms with Gasteiger partial charge in [0, 0.05) is 18.7 Å². The number of rotatable bonds is 7. The van der Waals surface area contributed by atoms with Crippen LogP contribution in [0.5, 0.6) is 5.75 Å². The van der Waals surface area contributed by atoms with Gasteiger partial charge in [0.25, 0.3) is 0 Å². The normalized spacial score (nSPS) is 16.0. The Morgan fingerprint density at radius 2 is 1.84 bits per heavy atom. The molecular formula is C24H25N3O4. The standard InChI is InChI=1S/C24H25N3O4/c28-22(13-15-30-20-11-5-2-6-12-20)27-14-7-10-19(16-27)23(29)26-24-25-21(17-31-24)18-8-3-1-4-9-18/h1-6,8-9,11-12,17,19H,7,10,13-16H2,(H,25,26,29). The number of carbonyl (C=O) groups is 2. The molecular weight excluding hydrogens is 394 g/mol. The minimum absolute atomic E-state index is 0.00378. The molecule has 1 N–H and O–H groups in total. The average molecular weight is 419 g/mol. The van der Waals surface area contributed by atoms with Crippen LogP contribution in [0.1, 0.15) is 19.3 Å². The van der Waals surface area contributed by atoms with Gasteiger partial charge in [-0.25, -0.2) is 0 Å². The maximum Gasteiger partial charge on any atom is 0.301 e. The zero-order chi connectivity index (χ0) is 21.5. The molecule has 31 heavy (non-hydrogen) atoms. The van der Waals surface area contributed by atoms with Crippen molar-refractivity contribution in [1.82, 2.24) is 9.88 Å². The first-order valence-electron chi connectivity index (χ1n) is 10.5. The van der Waals surface area contributed by atoms with Crippen LogP contribution < -0.4 is 10.1 Å². The summed E-state index contributed by atoms with van der Waals surface area (Å²) in [6.07, 6.45) is 3.31. The second-order valence-corrected chi connectivity index (χ2v) is 7.48. The molecule has 0 radical (unpaired) electrons. The van der Waals surface area contributed by atoms with Crippen molar-refractivity contribution in [3.8, 4) is 17.0 Å². The summed E-state index contributed by atoms with van der Waals surface area (Å²) in [7, 11) is 0. The molecule has 1 fully saturated rings. The quantitative estimate of drug-likeness (QED) is 0.626. The van der Waals surface area contributed by atoms with Gasteiger partial charge in [0.15, 0.2) is 0 Å². The highest BCUT2D eigenvalue weighted by molar-refractivity contribution is 5.91. The van der Waals surface area contributed by atoms with Crippen molar-refractivity contribution in [2.75, 3.05) is 25.0 Å². The van der Waals surface area contributed by atoms with E-state index in [2.05, 4.69) is 10.3 Å². The van der Waals surface area contributed by atoms with E-state index in [-0.39, 0.29) is 30.2 Å². The molecule has 2 amide bonds. The number of ether oxygens (including phenoxy) is 1. The highest BCUT2D eigenvalue weighted by atomic mass is 16.5. The number of carbonyl (C=O) groups excluding carboxylic acids is 2. The van der Waals surface area contributed by atoms with E-state index in [0.717, 1.165) is 24.2 Å². The number of hydrogen-bond donors (Lipinski definition) is 1. The molecule has 7 nitrogen and oxygen atoms in total. The predicted octanol–water partition coefficient (Wildman–Crippen LogP) is 3.99. The number of likely N-dealkylation sites (tertiary alicyclic amines) is 1. The van der Waals surface area contributed by atoms with Gasteiger partial charge < -0.3 is 14.1 Å². The lowest BCUT2D eigenvalue weighted by molar-refractivity contribution is -0.135. The van der Waals surface area contributed by atoms with E-state index >= 15 is 0 Å². The van der Waals surface area contributed by atoms with Crippen LogP contribution in [0.25, 0.3) is 11.3 Å². The minimum Gasteiger partial charge on any atom is -0.493 e. The summed E-state index contributed by atoms with van der Waals surface area (Å²) in [5, 5.41) is 2.75. The van der Waals surface area contributed by atoms with E-state index in [1.165, 1.54) is 6.26 Å². The number of oxazole rings is 1. The third-order valence-electron chi connectivity index (χ3n) is 5.28. The molecule has 0 spiro atoms. The lowest BCUT2D eigenvalue weighted by Crippen LogP contribution is -2.44. The van der Waals surface area contributed by atoms with Crippen molar-refractivity contribution in [3.05, 3.63) is 66.9 Å². The second kappa shape index (κ2) is 9.93. The predicted molar refractivity (Wildman–Crippen MR) is 116 cm³/mol. The van der Waals surface area contributed by atoms with Crippen LogP contribution in [0.4, 0.5) is 6.01 Å². The van der Waals surface area contributed by atoms with Gasteiger partial charge in [0.05, 0.1) is 18.9 Å². The van der Waals surface area contributed by atoms with Gasteiger partial charge in [-0.2, -0.15) is 4.98 Å². The van der Waals surface area contributed by atoms with Crippen molar-refractivity contribution in [1.29, 1.82) is 0 Å². The number of benzene rings is 2.